The van der Waals surface area contributed by atoms with Crippen LogP contribution in [-0.2, 0) is 26.1 Å². The molecule has 1 fully saturated rings. The standard InChI is InChI=1S/C22H26FN3O6S/c1-32-10-9-24-21(28)19-15(12-27)18-11-25-17(20(19)26(18)33(2,30)31)8-7-14(22(25)29)13-5-3-4-6-16(13)23/h3-8,15,18-20,27H,9-12H2,1-2H3,(H,24,28)/t15-,18-,19+,20+/m1/s1. The molecule has 9 nitrogen and oxygen atoms in total. The van der Waals surface area contributed by atoms with Gasteiger partial charge in [-0.25, -0.2) is 12.8 Å². The van der Waals surface area contributed by atoms with E-state index in [0.717, 1.165) is 6.26 Å². The highest BCUT2D eigenvalue weighted by Crippen LogP contribution is 2.49. The topological polar surface area (TPSA) is 118 Å². The summed E-state index contributed by atoms with van der Waals surface area (Å²) in [7, 11) is -2.29. The summed E-state index contributed by atoms with van der Waals surface area (Å²) in [5, 5.41) is 12.9. The molecule has 2 N–H and O–H groups in total. The van der Waals surface area contributed by atoms with E-state index in [1.165, 1.54) is 40.2 Å². The van der Waals surface area contributed by atoms with Crippen molar-refractivity contribution in [1.82, 2.24) is 14.2 Å². The number of nitrogens with one attached hydrogen (secondary N) is 1. The molecule has 2 bridgehead atoms. The molecule has 1 aromatic heterocycles. The van der Waals surface area contributed by atoms with Gasteiger partial charge in [-0.05, 0) is 18.2 Å². The van der Waals surface area contributed by atoms with Gasteiger partial charge in [0.25, 0.3) is 5.56 Å². The van der Waals surface area contributed by atoms with Crippen LogP contribution in [0.2, 0.25) is 0 Å². The van der Waals surface area contributed by atoms with Crippen molar-refractivity contribution in [3.8, 4) is 11.1 Å². The third-order valence-electron chi connectivity index (χ3n) is 6.44. The molecule has 2 aliphatic rings. The second-order valence-electron chi connectivity index (χ2n) is 8.33. The van der Waals surface area contributed by atoms with Crippen LogP contribution < -0.4 is 10.9 Å². The van der Waals surface area contributed by atoms with Crippen molar-refractivity contribution in [2.24, 2.45) is 11.8 Å². The quantitative estimate of drug-likeness (QED) is 0.553. The van der Waals surface area contributed by atoms with Crippen molar-refractivity contribution in [1.29, 1.82) is 0 Å². The van der Waals surface area contributed by atoms with Gasteiger partial charge in [0.15, 0.2) is 0 Å². The molecule has 178 valence electrons. The van der Waals surface area contributed by atoms with Crippen LogP contribution in [0, 0.1) is 17.7 Å². The third kappa shape index (κ3) is 3.99. The lowest BCUT2D eigenvalue weighted by molar-refractivity contribution is -0.127. The number of halogens is 1. The highest BCUT2D eigenvalue weighted by molar-refractivity contribution is 7.88. The number of aliphatic hydroxyl groups is 1. The monoisotopic (exact) mass is 479 g/mol. The number of nitrogens with zero attached hydrogens (tertiary/aromatic N) is 2. The van der Waals surface area contributed by atoms with Crippen LogP contribution in [0.25, 0.3) is 11.1 Å². The fraction of sp³-hybridized carbons (Fsp3) is 0.455. The lowest BCUT2D eigenvalue weighted by Gasteiger charge is -2.36. The predicted molar refractivity (Wildman–Crippen MR) is 118 cm³/mol. The zero-order valence-corrected chi connectivity index (χ0v) is 19.1. The zero-order chi connectivity index (χ0) is 23.9. The van der Waals surface area contributed by atoms with Crippen LogP contribution >= 0.6 is 0 Å². The van der Waals surface area contributed by atoms with E-state index in [0.29, 0.717) is 5.69 Å². The molecule has 4 atom stereocenters. The molecular formula is C22H26FN3O6S. The maximum atomic E-state index is 14.4. The summed E-state index contributed by atoms with van der Waals surface area (Å²) in [6.45, 7) is 0.0129. The molecule has 0 aliphatic carbocycles. The van der Waals surface area contributed by atoms with Crippen LogP contribution in [-0.4, -0.2) is 67.5 Å². The number of fused-ring (bicyclic) bond motifs is 4. The number of benzene rings is 1. The first kappa shape index (κ1) is 23.6. The molecule has 0 radical (unpaired) electrons. The van der Waals surface area contributed by atoms with Gasteiger partial charge in [0.05, 0.1) is 30.4 Å². The molecule has 1 saturated heterocycles. The van der Waals surface area contributed by atoms with Crippen molar-refractivity contribution in [2.75, 3.05) is 33.1 Å². The molecule has 2 aromatic rings. The van der Waals surface area contributed by atoms with Gasteiger partial charge in [-0.15, -0.1) is 0 Å². The SMILES string of the molecule is COCCNC(=O)[C@H]1[C@H](CO)[C@H]2Cn3c(ccc(-c4ccccc4F)c3=O)[C@@H]1N2S(C)(=O)=O. The first-order valence-corrected chi connectivity index (χ1v) is 12.4. The normalized spacial score (nSPS) is 24.5. The van der Waals surface area contributed by atoms with Gasteiger partial charge >= 0.3 is 0 Å². The first-order valence-electron chi connectivity index (χ1n) is 10.5. The van der Waals surface area contributed by atoms with E-state index < -0.39 is 57.8 Å². The van der Waals surface area contributed by atoms with E-state index in [4.69, 9.17) is 4.74 Å². The number of methoxy groups -OCH3 is 1. The Hall–Kier alpha value is -2.60. The molecule has 2 aliphatic heterocycles. The summed E-state index contributed by atoms with van der Waals surface area (Å²) >= 11 is 0. The number of hydrogen-bond donors (Lipinski definition) is 2. The summed E-state index contributed by atoms with van der Waals surface area (Å²) in [5.41, 5.74) is 0.149. The molecule has 0 spiro atoms. The molecule has 4 rings (SSSR count). The summed E-state index contributed by atoms with van der Waals surface area (Å²) < 4.78 is 47.4. The van der Waals surface area contributed by atoms with E-state index in [1.807, 2.05) is 0 Å². The number of aliphatic hydroxyl groups excluding tert-OH is 1. The molecule has 0 saturated carbocycles. The van der Waals surface area contributed by atoms with Crippen LogP contribution in [0.1, 0.15) is 11.7 Å². The molecule has 1 aromatic carbocycles. The first-order chi connectivity index (χ1) is 15.7. The number of amides is 1. The molecule has 1 amide bonds. The number of carbonyl (C=O) groups is 1. The number of aromatic nitrogens is 1. The lowest BCUT2D eigenvalue weighted by atomic mass is 9.86. The van der Waals surface area contributed by atoms with Crippen molar-refractivity contribution in [3.63, 3.8) is 0 Å². The number of ether oxygens (including phenoxy) is 1. The fourth-order valence-electron chi connectivity index (χ4n) is 5.09. The Morgan fingerprint density at radius 1 is 1.24 bits per heavy atom. The number of carbonyl (C=O) groups excluding carboxylic acids is 1. The Morgan fingerprint density at radius 2 is 1.97 bits per heavy atom. The Kier molecular flexibility index (Phi) is 6.41. The maximum absolute atomic E-state index is 14.4. The number of rotatable bonds is 7. The minimum absolute atomic E-state index is 0.0485. The average molecular weight is 480 g/mol. The Morgan fingerprint density at radius 3 is 2.61 bits per heavy atom. The summed E-state index contributed by atoms with van der Waals surface area (Å²) in [5.74, 6) is -2.59. The Bertz CT molecular complexity index is 1230. The summed E-state index contributed by atoms with van der Waals surface area (Å²) in [6, 6.07) is 7.17. The number of sulfonamides is 1. The minimum atomic E-state index is -3.78. The molecular weight excluding hydrogens is 453 g/mol. The van der Waals surface area contributed by atoms with Crippen molar-refractivity contribution in [3.05, 3.63) is 58.3 Å². The summed E-state index contributed by atoms with van der Waals surface area (Å²) in [6.07, 6.45) is 1.05. The van der Waals surface area contributed by atoms with Gasteiger partial charge in [0.1, 0.15) is 5.82 Å². The van der Waals surface area contributed by atoms with Crippen LogP contribution in [0.15, 0.2) is 41.2 Å². The number of hydrogen-bond acceptors (Lipinski definition) is 6. The van der Waals surface area contributed by atoms with Gasteiger partial charge in [0.2, 0.25) is 15.9 Å². The van der Waals surface area contributed by atoms with Crippen LogP contribution in [0.5, 0.6) is 0 Å². The lowest BCUT2D eigenvalue weighted by Crippen LogP contribution is -2.48. The van der Waals surface area contributed by atoms with E-state index in [2.05, 4.69) is 5.32 Å². The van der Waals surface area contributed by atoms with E-state index >= 15 is 0 Å². The second kappa shape index (κ2) is 8.98. The van der Waals surface area contributed by atoms with Gasteiger partial charge < -0.3 is 19.7 Å². The Balaban J connectivity index is 1.85. The second-order valence-corrected chi connectivity index (χ2v) is 10.2. The van der Waals surface area contributed by atoms with Crippen molar-refractivity contribution in [2.45, 2.75) is 18.6 Å². The summed E-state index contributed by atoms with van der Waals surface area (Å²) in [4.78, 5) is 26.5. The van der Waals surface area contributed by atoms with Crippen molar-refractivity contribution >= 4 is 15.9 Å². The molecule has 3 heterocycles. The van der Waals surface area contributed by atoms with E-state index in [-0.39, 0.29) is 30.8 Å². The zero-order valence-electron chi connectivity index (χ0n) is 18.3. The van der Waals surface area contributed by atoms with E-state index in [1.54, 1.807) is 12.1 Å². The van der Waals surface area contributed by atoms with Gasteiger partial charge in [-0.1, -0.05) is 18.2 Å². The highest BCUT2D eigenvalue weighted by atomic mass is 32.2. The molecule has 0 unspecified atom stereocenters. The van der Waals surface area contributed by atoms with Crippen molar-refractivity contribution < 1.29 is 27.4 Å². The smallest absolute Gasteiger partial charge is 0.258 e. The Labute approximate surface area is 190 Å². The molecule has 11 heteroatoms. The average Bonchev–Trinajstić information content (AvgIpc) is 3.03. The maximum Gasteiger partial charge on any atom is 0.258 e. The largest absolute Gasteiger partial charge is 0.396 e. The predicted octanol–water partition coefficient (Wildman–Crippen LogP) is 0.340. The number of pyridine rings is 1. The highest BCUT2D eigenvalue weighted by Gasteiger charge is 2.58. The minimum Gasteiger partial charge on any atom is -0.396 e. The van der Waals surface area contributed by atoms with E-state index in [9.17, 15) is 27.5 Å². The van der Waals surface area contributed by atoms with Gasteiger partial charge in [-0.3, -0.25) is 9.59 Å². The molecule has 33 heavy (non-hydrogen) atoms. The van der Waals surface area contributed by atoms with Gasteiger partial charge in [0, 0.05) is 50.0 Å². The fourth-order valence-corrected chi connectivity index (χ4v) is 6.45. The van der Waals surface area contributed by atoms with Gasteiger partial charge in [-0.2, -0.15) is 4.31 Å². The van der Waals surface area contributed by atoms with Crippen LogP contribution in [0.3, 0.4) is 0 Å². The third-order valence-corrected chi connectivity index (χ3v) is 7.71. The van der Waals surface area contributed by atoms with Crippen LogP contribution in [0.4, 0.5) is 4.39 Å².